The third kappa shape index (κ3) is 4.43. The largest absolute Gasteiger partial charge is 0.484 e. The van der Waals surface area contributed by atoms with Gasteiger partial charge in [-0.3, -0.25) is 4.57 Å². The first-order chi connectivity index (χ1) is 11.6. The molecule has 1 heterocycles. The van der Waals surface area contributed by atoms with Crippen LogP contribution >= 0.6 is 23.4 Å². The second-order valence-corrected chi connectivity index (χ2v) is 7.06. The molecule has 24 heavy (non-hydrogen) atoms. The van der Waals surface area contributed by atoms with E-state index in [9.17, 15) is 0 Å². The highest BCUT2D eigenvalue weighted by atomic mass is 35.5. The summed E-state index contributed by atoms with van der Waals surface area (Å²) in [6.07, 6.45) is 1.92. The lowest BCUT2D eigenvalue weighted by Crippen LogP contribution is -2.14. The fourth-order valence-electron chi connectivity index (χ4n) is 2.40. The van der Waals surface area contributed by atoms with E-state index < -0.39 is 0 Å². The van der Waals surface area contributed by atoms with Crippen LogP contribution in [0.1, 0.15) is 45.5 Å². The van der Waals surface area contributed by atoms with Gasteiger partial charge in [-0.15, -0.1) is 10.2 Å². The van der Waals surface area contributed by atoms with Crippen LogP contribution in [0.2, 0.25) is 5.02 Å². The van der Waals surface area contributed by atoms with E-state index in [0.717, 1.165) is 23.8 Å². The van der Waals surface area contributed by atoms with Crippen molar-refractivity contribution in [3.8, 4) is 11.8 Å². The molecule has 0 aliphatic carbocycles. The van der Waals surface area contributed by atoms with Gasteiger partial charge in [0.05, 0.1) is 16.3 Å². The molecule has 0 aliphatic heterocycles. The Balaban J connectivity index is 2.25. The number of hydrogen-bond donors (Lipinski definition) is 0. The van der Waals surface area contributed by atoms with E-state index in [1.54, 1.807) is 6.07 Å². The summed E-state index contributed by atoms with van der Waals surface area (Å²) in [7, 11) is 0. The average Bonchev–Trinajstić information content (AvgIpc) is 2.98. The maximum absolute atomic E-state index is 9.06. The molecule has 128 valence electrons. The Morgan fingerprint density at radius 3 is 2.62 bits per heavy atom. The van der Waals surface area contributed by atoms with Crippen LogP contribution in [-0.2, 0) is 6.61 Å². The fourth-order valence-corrected chi connectivity index (χ4v) is 3.41. The van der Waals surface area contributed by atoms with E-state index in [-0.39, 0.29) is 17.9 Å². The summed E-state index contributed by atoms with van der Waals surface area (Å²) >= 11 is 7.55. The van der Waals surface area contributed by atoms with Gasteiger partial charge in [0.2, 0.25) is 0 Å². The lowest BCUT2D eigenvalue weighted by Gasteiger charge is -2.19. The molecular formula is C17H21ClN4OS. The Morgan fingerprint density at radius 2 is 2.00 bits per heavy atom. The van der Waals surface area contributed by atoms with Crippen molar-refractivity contribution >= 4 is 23.4 Å². The highest BCUT2D eigenvalue weighted by molar-refractivity contribution is 8.00. The molecule has 7 heteroatoms. The van der Waals surface area contributed by atoms with Crippen molar-refractivity contribution < 1.29 is 4.74 Å². The maximum atomic E-state index is 9.06. The van der Waals surface area contributed by atoms with Gasteiger partial charge in [-0.1, -0.05) is 49.3 Å². The molecule has 1 atom stereocenters. The van der Waals surface area contributed by atoms with E-state index in [1.807, 2.05) is 25.1 Å². The van der Waals surface area contributed by atoms with Crippen LogP contribution in [0, 0.1) is 11.3 Å². The highest BCUT2D eigenvalue weighted by Gasteiger charge is 2.21. The summed E-state index contributed by atoms with van der Waals surface area (Å²) < 4.78 is 7.91. The number of halogens is 1. The van der Waals surface area contributed by atoms with Gasteiger partial charge in [-0.25, -0.2) is 0 Å². The molecule has 1 aromatic heterocycles. The first-order valence-corrected chi connectivity index (χ1v) is 9.23. The van der Waals surface area contributed by atoms with Crippen LogP contribution in [0.5, 0.6) is 5.75 Å². The first-order valence-electron chi connectivity index (χ1n) is 7.98. The van der Waals surface area contributed by atoms with Crippen LogP contribution in [0.4, 0.5) is 0 Å². The molecule has 0 saturated heterocycles. The summed E-state index contributed by atoms with van der Waals surface area (Å²) in [6, 6.07) is 9.86. The number of rotatable bonds is 8. The Bertz CT molecular complexity index is 709. The molecule has 1 unspecified atom stereocenters. The Hall–Kier alpha value is -1.71. The van der Waals surface area contributed by atoms with Crippen molar-refractivity contribution in [2.75, 3.05) is 0 Å². The second-order valence-electron chi connectivity index (χ2n) is 5.35. The van der Waals surface area contributed by atoms with Crippen molar-refractivity contribution in [1.29, 1.82) is 5.26 Å². The van der Waals surface area contributed by atoms with Crippen molar-refractivity contribution in [3.05, 3.63) is 35.1 Å². The highest BCUT2D eigenvalue weighted by Crippen LogP contribution is 2.29. The van der Waals surface area contributed by atoms with E-state index in [1.165, 1.54) is 11.8 Å². The molecule has 5 nitrogen and oxygen atoms in total. The topological polar surface area (TPSA) is 63.7 Å². The number of ether oxygens (including phenoxy) is 1. The average molecular weight is 365 g/mol. The van der Waals surface area contributed by atoms with Crippen molar-refractivity contribution in [1.82, 2.24) is 14.8 Å². The molecule has 0 saturated carbocycles. The standard InChI is InChI=1S/C17H21ClN4OS/c1-4-13(5-2)22-16(20-21-17(22)24-12(3)10-19)11-23-15-9-7-6-8-14(15)18/h6-9,12-13H,4-5,11H2,1-3H3. The van der Waals surface area contributed by atoms with Crippen LogP contribution < -0.4 is 4.74 Å². The molecule has 0 aliphatic rings. The lowest BCUT2D eigenvalue weighted by atomic mass is 10.2. The minimum atomic E-state index is -0.181. The van der Waals surface area contributed by atoms with Gasteiger partial charge in [0, 0.05) is 6.04 Å². The summed E-state index contributed by atoms with van der Waals surface area (Å²) in [4.78, 5) is 0. The van der Waals surface area contributed by atoms with Gasteiger partial charge >= 0.3 is 0 Å². The van der Waals surface area contributed by atoms with Gasteiger partial charge in [-0.05, 0) is 31.9 Å². The summed E-state index contributed by atoms with van der Waals surface area (Å²) in [5.41, 5.74) is 0. The normalized spacial score (nSPS) is 12.2. The zero-order chi connectivity index (χ0) is 17.5. The number of para-hydroxylation sites is 1. The minimum Gasteiger partial charge on any atom is -0.484 e. The number of aromatic nitrogens is 3. The number of thioether (sulfide) groups is 1. The zero-order valence-electron chi connectivity index (χ0n) is 14.1. The van der Waals surface area contributed by atoms with Crippen molar-refractivity contribution in [2.45, 2.75) is 56.7 Å². The van der Waals surface area contributed by atoms with Crippen LogP contribution in [0.15, 0.2) is 29.4 Å². The van der Waals surface area contributed by atoms with E-state index >= 15 is 0 Å². The van der Waals surface area contributed by atoms with E-state index in [2.05, 4.69) is 34.7 Å². The third-order valence-corrected chi connectivity index (χ3v) is 4.96. The first kappa shape index (κ1) is 18.6. The smallest absolute Gasteiger partial charge is 0.192 e. The van der Waals surface area contributed by atoms with Crippen molar-refractivity contribution in [3.63, 3.8) is 0 Å². The van der Waals surface area contributed by atoms with Gasteiger partial charge in [-0.2, -0.15) is 5.26 Å². The summed E-state index contributed by atoms with van der Waals surface area (Å²) in [5, 5.41) is 18.8. The van der Waals surface area contributed by atoms with Gasteiger partial charge < -0.3 is 4.74 Å². The molecule has 0 bridgehead atoms. The van der Waals surface area contributed by atoms with Crippen LogP contribution in [-0.4, -0.2) is 20.0 Å². The molecule has 2 aromatic rings. The monoisotopic (exact) mass is 364 g/mol. The molecule has 0 amide bonds. The number of hydrogen-bond acceptors (Lipinski definition) is 5. The van der Waals surface area contributed by atoms with Gasteiger partial charge in [0.15, 0.2) is 11.0 Å². The summed E-state index contributed by atoms with van der Waals surface area (Å²) in [6.45, 7) is 6.41. The fraction of sp³-hybridized carbons (Fsp3) is 0.471. The number of benzene rings is 1. The van der Waals surface area contributed by atoms with Crippen LogP contribution in [0.3, 0.4) is 0 Å². The maximum Gasteiger partial charge on any atom is 0.192 e. The van der Waals surface area contributed by atoms with Crippen LogP contribution in [0.25, 0.3) is 0 Å². The molecular weight excluding hydrogens is 344 g/mol. The molecule has 0 radical (unpaired) electrons. The van der Waals surface area contributed by atoms with E-state index in [0.29, 0.717) is 10.8 Å². The van der Waals surface area contributed by atoms with Crippen molar-refractivity contribution in [2.24, 2.45) is 0 Å². The second kappa shape index (κ2) is 8.95. The predicted octanol–water partition coefficient (Wildman–Crippen LogP) is 4.88. The third-order valence-electron chi connectivity index (χ3n) is 3.70. The number of nitriles is 1. The molecule has 2 rings (SSSR count). The molecule has 0 fully saturated rings. The summed E-state index contributed by atoms with van der Waals surface area (Å²) in [5.74, 6) is 1.37. The Labute approximate surface area is 152 Å². The molecule has 0 N–H and O–H groups in total. The Kier molecular flexibility index (Phi) is 6.95. The molecule has 0 spiro atoms. The van der Waals surface area contributed by atoms with E-state index in [4.69, 9.17) is 21.6 Å². The SMILES string of the molecule is CCC(CC)n1c(COc2ccccc2Cl)nnc1SC(C)C#N. The Morgan fingerprint density at radius 1 is 1.29 bits per heavy atom. The minimum absolute atomic E-state index is 0.181. The number of nitrogens with zero attached hydrogens (tertiary/aromatic N) is 4. The lowest BCUT2D eigenvalue weighted by molar-refractivity contribution is 0.278. The zero-order valence-corrected chi connectivity index (χ0v) is 15.6. The predicted molar refractivity (Wildman–Crippen MR) is 96.4 cm³/mol. The quantitative estimate of drug-likeness (QED) is 0.625. The molecule has 1 aromatic carbocycles. The van der Waals surface area contributed by atoms with Gasteiger partial charge in [0.1, 0.15) is 12.4 Å². The van der Waals surface area contributed by atoms with Gasteiger partial charge in [0.25, 0.3) is 0 Å².